The molecule has 0 aliphatic carbocycles. The fraction of sp³-hybridized carbons (Fsp3) is 0.200. The minimum Gasteiger partial charge on any atom is -0.497 e. The Balaban J connectivity index is 1.29. The Morgan fingerprint density at radius 1 is 1.03 bits per heavy atom. The number of benzene rings is 2. The predicted octanol–water partition coefficient (Wildman–Crippen LogP) is 4.87. The van der Waals surface area contributed by atoms with E-state index >= 15 is 0 Å². The number of nitrogens with zero attached hydrogens (tertiary/aromatic N) is 4. The van der Waals surface area contributed by atoms with Gasteiger partial charge in [0.15, 0.2) is 11.0 Å². The van der Waals surface area contributed by atoms with Crippen molar-refractivity contribution in [3.05, 3.63) is 71.9 Å². The summed E-state index contributed by atoms with van der Waals surface area (Å²) in [5, 5.41) is 14.0. The Morgan fingerprint density at radius 2 is 1.80 bits per heavy atom. The summed E-state index contributed by atoms with van der Waals surface area (Å²) in [6.07, 6.45) is 1.16. The Hall–Kier alpha value is -4.05. The molecule has 10 heteroatoms. The molecule has 0 unspecified atom stereocenters. The minimum absolute atomic E-state index is 0.178. The molecule has 2 aromatic heterocycles. The standard InChI is InChI=1S/C25H25N7O2S/c1-16-14-22(31-30-16)27-21-15-23(32-12-3-13-32)29-25(28-21)35-20-10-6-18(7-11-20)26-24(33)17-4-8-19(34-2)9-5-17/h4-11,14-15H,3,12-13H2,1-2H3,(H,26,33)(H2,27,28,29,30,31). The van der Waals surface area contributed by atoms with Crippen LogP contribution < -0.4 is 20.3 Å². The molecule has 1 saturated heterocycles. The number of methoxy groups -OCH3 is 1. The van der Waals surface area contributed by atoms with E-state index in [2.05, 4.69) is 30.7 Å². The van der Waals surface area contributed by atoms with Crippen molar-refractivity contribution in [3.63, 3.8) is 0 Å². The van der Waals surface area contributed by atoms with E-state index in [1.54, 1.807) is 31.4 Å². The number of aryl methyl sites for hydroxylation is 1. The number of aromatic nitrogens is 4. The van der Waals surface area contributed by atoms with Crippen LogP contribution in [0.15, 0.2) is 70.7 Å². The topological polar surface area (TPSA) is 108 Å². The summed E-state index contributed by atoms with van der Waals surface area (Å²) in [6, 6.07) is 18.5. The number of rotatable bonds is 8. The number of amides is 1. The van der Waals surface area contributed by atoms with Crippen LogP contribution in [0.5, 0.6) is 5.75 Å². The summed E-state index contributed by atoms with van der Waals surface area (Å²) in [4.78, 5) is 25.1. The predicted molar refractivity (Wildman–Crippen MR) is 137 cm³/mol. The van der Waals surface area contributed by atoms with Gasteiger partial charge in [0.05, 0.1) is 7.11 Å². The minimum atomic E-state index is -0.178. The number of carbonyl (C=O) groups excluding carboxylic acids is 1. The van der Waals surface area contributed by atoms with Crippen molar-refractivity contribution in [1.82, 2.24) is 20.2 Å². The Labute approximate surface area is 207 Å². The van der Waals surface area contributed by atoms with Crippen LogP contribution in [0, 0.1) is 6.92 Å². The first-order valence-electron chi connectivity index (χ1n) is 11.2. The van der Waals surface area contributed by atoms with Crippen LogP contribution in [0.25, 0.3) is 0 Å². The highest BCUT2D eigenvalue weighted by molar-refractivity contribution is 7.99. The maximum absolute atomic E-state index is 12.5. The largest absolute Gasteiger partial charge is 0.497 e. The molecule has 3 N–H and O–H groups in total. The van der Waals surface area contributed by atoms with Crippen LogP contribution in [0.2, 0.25) is 0 Å². The van der Waals surface area contributed by atoms with E-state index in [4.69, 9.17) is 9.72 Å². The molecule has 178 valence electrons. The van der Waals surface area contributed by atoms with Crippen molar-refractivity contribution in [2.45, 2.75) is 23.4 Å². The maximum atomic E-state index is 12.5. The molecule has 4 aromatic rings. The molecule has 9 nitrogen and oxygen atoms in total. The van der Waals surface area contributed by atoms with Gasteiger partial charge >= 0.3 is 0 Å². The molecule has 2 aromatic carbocycles. The van der Waals surface area contributed by atoms with Gasteiger partial charge in [0, 0.05) is 47.1 Å². The van der Waals surface area contributed by atoms with Gasteiger partial charge in [0.1, 0.15) is 17.4 Å². The van der Waals surface area contributed by atoms with E-state index in [0.717, 1.165) is 35.9 Å². The molecule has 1 aliphatic rings. The van der Waals surface area contributed by atoms with Gasteiger partial charge in [0.25, 0.3) is 5.91 Å². The third kappa shape index (κ3) is 5.55. The number of ether oxygens (including phenoxy) is 1. The highest BCUT2D eigenvalue weighted by Crippen LogP contribution is 2.31. The fourth-order valence-electron chi connectivity index (χ4n) is 3.50. The molecule has 0 bridgehead atoms. The van der Waals surface area contributed by atoms with E-state index < -0.39 is 0 Å². The summed E-state index contributed by atoms with van der Waals surface area (Å²) < 4.78 is 5.14. The molecular weight excluding hydrogens is 462 g/mol. The lowest BCUT2D eigenvalue weighted by Gasteiger charge is -2.32. The second-order valence-corrected chi connectivity index (χ2v) is 9.15. The van der Waals surface area contributed by atoms with E-state index in [9.17, 15) is 4.79 Å². The Bertz CT molecular complexity index is 1320. The van der Waals surface area contributed by atoms with Crippen molar-refractivity contribution in [1.29, 1.82) is 0 Å². The second kappa shape index (κ2) is 10.1. The van der Waals surface area contributed by atoms with Crippen molar-refractivity contribution in [2.75, 3.05) is 35.7 Å². The van der Waals surface area contributed by atoms with Crippen LogP contribution in [-0.4, -0.2) is 46.3 Å². The molecule has 35 heavy (non-hydrogen) atoms. The lowest BCUT2D eigenvalue weighted by atomic mass is 10.2. The number of H-pyrrole nitrogens is 1. The van der Waals surface area contributed by atoms with E-state index in [-0.39, 0.29) is 5.91 Å². The highest BCUT2D eigenvalue weighted by Gasteiger charge is 2.18. The monoisotopic (exact) mass is 487 g/mol. The van der Waals surface area contributed by atoms with E-state index in [0.29, 0.717) is 33.8 Å². The zero-order valence-corrected chi connectivity index (χ0v) is 20.2. The molecule has 1 fully saturated rings. The quantitative estimate of drug-likeness (QED) is 0.302. The van der Waals surface area contributed by atoms with Gasteiger partial charge in [-0.1, -0.05) is 0 Å². The van der Waals surface area contributed by atoms with Gasteiger partial charge in [-0.25, -0.2) is 9.97 Å². The second-order valence-electron chi connectivity index (χ2n) is 8.10. The molecule has 0 atom stereocenters. The zero-order chi connectivity index (χ0) is 24.2. The lowest BCUT2D eigenvalue weighted by Crippen LogP contribution is -2.37. The first kappa shape index (κ1) is 22.7. The van der Waals surface area contributed by atoms with E-state index in [1.807, 2.05) is 43.3 Å². The summed E-state index contributed by atoms with van der Waals surface area (Å²) in [6.45, 7) is 3.93. The number of aromatic amines is 1. The van der Waals surface area contributed by atoms with Gasteiger partial charge in [-0.15, -0.1) is 0 Å². The van der Waals surface area contributed by atoms with Gasteiger partial charge < -0.3 is 20.3 Å². The highest BCUT2D eigenvalue weighted by atomic mass is 32.2. The Morgan fingerprint density at radius 3 is 2.43 bits per heavy atom. The SMILES string of the molecule is COc1ccc(C(=O)Nc2ccc(Sc3nc(Nc4cc(C)[nH]n4)cc(N4CCC4)n3)cc2)cc1. The number of hydrogen-bond donors (Lipinski definition) is 3. The van der Waals surface area contributed by atoms with Crippen LogP contribution in [0.4, 0.5) is 23.1 Å². The van der Waals surface area contributed by atoms with Crippen LogP contribution in [0.1, 0.15) is 22.5 Å². The van der Waals surface area contributed by atoms with Crippen molar-refractivity contribution < 1.29 is 9.53 Å². The average Bonchev–Trinajstić information content (AvgIpc) is 3.23. The van der Waals surface area contributed by atoms with Crippen molar-refractivity contribution in [2.24, 2.45) is 0 Å². The normalized spacial score (nSPS) is 12.7. The van der Waals surface area contributed by atoms with Crippen molar-refractivity contribution in [3.8, 4) is 5.75 Å². The molecular formula is C25H25N7O2S. The molecule has 0 spiro atoms. The van der Waals surface area contributed by atoms with Crippen LogP contribution in [0.3, 0.4) is 0 Å². The Kier molecular flexibility index (Phi) is 6.53. The molecule has 5 rings (SSSR count). The van der Waals surface area contributed by atoms with Crippen molar-refractivity contribution >= 4 is 40.8 Å². The average molecular weight is 488 g/mol. The maximum Gasteiger partial charge on any atom is 0.255 e. The summed E-state index contributed by atoms with van der Waals surface area (Å²) in [5.74, 6) is 2.83. The molecule has 1 aliphatic heterocycles. The summed E-state index contributed by atoms with van der Waals surface area (Å²) in [5.41, 5.74) is 2.24. The number of anilines is 4. The van der Waals surface area contributed by atoms with Gasteiger partial charge in [0.2, 0.25) is 0 Å². The summed E-state index contributed by atoms with van der Waals surface area (Å²) >= 11 is 1.47. The van der Waals surface area contributed by atoms with Crippen LogP contribution in [-0.2, 0) is 0 Å². The fourth-order valence-corrected chi connectivity index (χ4v) is 4.27. The number of nitrogens with one attached hydrogen (secondary N) is 3. The molecule has 3 heterocycles. The van der Waals surface area contributed by atoms with Gasteiger partial charge in [-0.3, -0.25) is 9.89 Å². The third-order valence-corrected chi connectivity index (χ3v) is 6.38. The van der Waals surface area contributed by atoms with Gasteiger partial charge in [-0.2, -0.15) is 5.10 Å². The molecule has 0 saturated carbocycles. The lowest BCUT2D eigenvalue weighted by molar-refractivity contribution is 0.102. The van der Waals surface area contributed by atoms with E-state index in [1.165, 1.54) is 11.8 Å². The van der Waals surface area contributed by atoms with Gasteiger partial charge in [-0.05, 0) is 73.6 Å². The first-order chi connectivity index (χ1) is 17.1. The zero-order valence-electron chi connectivity index (χ0n) is 19.4. The smallest absolute Gasteiger partial charge is 0.255 e. The number of hydrogen-bond acceptors (Lipinski definition) is 8. The third-order valence-electron chi connectivity index (χ3n) is 5.51. The van der Waals surface area contributed by atoms with Crippen LogP contribution >= 0.6 is 11.8 Å². The molecule has 1 amide bonds. The first-order valence-corrected chi connectivity index (χ1v) is 12.0. The summed E-state index contributed by atoms with van der Waals surface area (Å²) in [7, 11) is 1.60. The number of carbonyl (C=O) groups is 1. The molecule has 0 radical (unpaired) electrons.